The van der Waals surface area contributed by atoms with Gasteiger partial charge in [0.1, 0.15) is 0 Å². The zero-order valence-electron chi connectivity index (χ0n) is 8.95. The van der Waals surface area contributed by atoms with Crippen LogP contribution in [-0.2, 0) is 4.79 Å². The topological polar surface area (TPSA) is 57.5 Å². The van der Waals surface area contributed by atoms with E-state index in [0.29, 0.717) is 12.1 Å². The van der Waals surface area contributed by atoms with Crippen molar-refractivity contribution in [1.82, 2.24) is 0 Å². The first-order chi connectivity index (χ1) is 7.88. The fourth-order valence-electron chi connectivity index (χ4n) is 1.51. The number of carboxylic acid groups (broad SMARTS) is 1. The Hall–Kier alpha value is -1.56. The molecule has 6 heteroatoms. The first-order valence-electron chi connectivity index (χ1n) is 4.93. The Kier molecular flexibility index (Phi) is 4.11. The van der Waals surface area contributed by atoms with Crippen molar-refractivity contribution in [3.05, 3.63) is 35.1 Å². The van der Waals surface area contributed by atoms with Crippen molar-refractivity contribution in [1.29, 1.82) is 0 Å². The molecule has 1 aromatic rings. The Morgan fingerprint density at radius 1 is 1.29 bits per heavy atom. The van der Waals surface area contributed by atoms with Gasteiger partial charge in [-0.15, -0.1) is 0 Å². The zero-order chi connectivity index (χ0) is 13.2. The van der Waals surface area contributed by atoms with Crippen LogP contribution in [0, 0.1) is 23.4 Å². The average Bonchev–Trinajstić information content (AvgIpc) is 2.25. The molecule has 0 bridgehead atoms. The fourth-order valence-corrected chi connectivity index (χ4v) is 1.51. The van der Waals surface area contributed by atoms with Crippen molar-refractivity contribution in [2.75, 3.05) is 0 Å². The molecule has 0 aliphatic carbocycles. The molecule has 0 saturated heterocycles. The Balaban J connectivity index is 3.12. The molecule has 0 spiro atoms. The van der Waals surface area contributed by atoms with E-state index in [1.807, 2.05) is 0 Å². The van der Waals surface area contributed by atoms with Gasteiger partial charge >= 0.3 is 5.97 Å². The summed E-state index contributed by atoms with van der Waals surface area (Å²) in [4.78, 5) is 10.8. The first-order valence-corrected chi connectivity index (χ1v) is 4.93. The average molecular weight is 248 g/mol. The summed E-state index contributed by atoms with van der Waals surface area (Å²) in [7, 11) is 0. The van der Waals surface area contributed by atoms with E-state index in [2.05, 4.69) is 0 Å². The second-order valence-electron chi connectivity index (χ2n) is 3.60. The summed E-state index contributed by atoms with van der Waals surface area (Å²) in [6.45, 7) is 1.51. The minimum absolute atomic E-state index is 0.0805. The van der Waals surface area contributed by atoms with E-state index in [0.717, 1.165) is 0 Å². The van der Waals surface area contributed by atoms with Crippen LogP contribution in [0.4, 0.5) is 13.2 Å². The number of aliphatic hydroxyl groups is 1. The molecular weight excluding hydrogens is 237 g/mol. The molecule has 94 valence electrons. The third-order valence-electron chi connectivity index (χ3n) is 2.49. The van der Waals surface area contributed by atoms with Crippen molar-refractivity contribution < 1.29 is 28.2 Å². The predicted molar refractivity (Wildman–Crippen MR) is 52.7 cm³/mol. The number of carboxylic acids is 1. The van der Waals surface area contributed by atoms with Gasteiger partial charge in [-0.25, -0.2) is 13.2 Å². The van der Waals surface area contributed by atoms with Gasteiger partial charge < -0.3 is 10.2 Å². The maximum atomic E-state index is 12.9. The SMILES string of the molecule is CCC(C(=O)O)C(O)c1cc(F)c(F)c(F)c1. The monoisotopic (exact) mass is 248 g/mol. The summed E-state index contributed by atoms with van der Waals surface area (Å²) in [5.41, 5.74) is -0.296. The summed E-state index contributed by atoms with van der Waals surface area (Å²) in [5, 5.41) is 18.4. The van der Waals surface area contributed by atoms with Crippen molar-refractivity contribution in [2.24, 2.45) is 5.92 Å². The molecule has 1 rings (SSSR count). The number of halogens is 3. The number of aliphatic hydroxyl groups excluding tert-OH is 1. The highest BCUT2D eigenvalue weighted by Gasteiger charge is 2.27. The van der Waals surface area contributed by atoms with Gasteiger partial charge in [0.05, 0.1) is 12.0 Å². The van der Waals surface area contributed by atoms with Crippen LogP contribution in [0.25, 0.3) is 0 Å². The zero-order valence-corrected chi connectivity index (χ0v) is 8.95. The van der Waals surface area contributed by atoms with Crippen molar-refractivity contribution in [3.63, 3.8) is 0 Å². The fraction of sp³-hybridized carbons (Fsp3) is 0.364. The van der Waals surface area contributed by atoms with Gasteiger partial charge in [0.15, 0.2) is 17.5 Å². The lowest BCUT2D eigenvalue weighted by Crippen LogP contribution is -2.21. The van der Waals surface area contributed by atoms with Crippen LogP contribution in [0.15, 0.2) is 12.1 Å². The molecule has 0 amide bonds. The van der Waals surface area contributed by atoms with Crippen LogP contribution in [-0.4, -0.2) is 16.2 Å². The maximum absolute atomic E-state index is 12.9. The molecule has 17 heavy (non-hydrogen) atoms. The van der Waals surface area contributed by atoms with Gasteiger partial charge in [-0.05, 0) is 24.1 Å². The third-order valence-corrected chi connectivity index (χ3v) is 2.49. The van der Waals surface area contributed by atoms with Crippen LogP contribution in [0.5, 0.6) is 0 Å². The lowest BCUT2D eigenvalue weighted by molar-refractivity contribution is -0.146. The molecule has 0 aromatic heterocycles. The summed E-state index contributed by atoms with van der Waals surface area (Å²) in [6, 6.07) is 1.18. The van der Waals surface area contributed by atoms with E-state index in [9.17, 15) is 23.1 Å². The van der Waals surface area contributed by atoms with Gasteiger partial charge in [-0.1, -0.05) is 6.92 Å². The van der Waals surface area contributed by atoms with E-state index >= 15 is 0 Å². The Morgan fingerprint density at radius 3 is 2.12 bits per heavy atom. The summed E-state index contributed by atoms with van der Waals surface area (Å²) in [6.07, 6.45) is -1.50. The maximum Gasteiger partial charge on any atom is 0.309 e. The van der Waals surface area contributed by atoms with Crippen molar-refractivity contribution in [2.45, 2.75) is 19.4 Å². The van der Waals surface area contributed by atoms with Crippen LogP contribution in [0.3, 0.4) is 0 Å². The molecular formula is C11H11F3O3. The molecule has 2 N–H and O–H groups in total. The normalized spacial score (nSPS) is 14.4. The van der Waals surface area contributed by atoms with Crippen molar-refractivity contribution in [3.8, 4) is 0 Å². The summed E-state index contributed by atoms with van der Waals surface area (Å²) < 4.78 is 38.5. The van der Waals surface area contributed by atoms with E-state index in [4.69, 9.17) is 5.11 Å². The Bertz CT molecular complexity index is 411. The number of hydrogen-bond donors (Lipinski definition) is 2. The lowest BCUT2D eigenvalue weighted by atomic mass is 9.93. The van der Waals surface area contributed by atoms with Gasteiger partial charge in [-0.3, -0.25) is 4.79 Å². The summed E-state index contributed by atoms with van der Waals surface area (Å²) in [5.74, 6) is -7.05. The van der Waals surface area contributed by atoms with E-state index in [-0.39, 0.29) is 12.0 Å². The lowest BCUT2D eigenvalue weighted by Gasteiger charge is -2.18. The summed E-state index contributed by atoms with van der Waals surface area (Å²) >= 11 is 0. The molecule has 2 unspecified atom stereocenters. The smallest absolute Gasteiger partial charge is 0.309 e. The predicted octanol–water partition coefficient (Wildman–Crippen LogP) is 2.25. The standard InChI is InChI=1S/C11H11F3O3/c1-2-6(11(16)17)10(15)5-3-7(12)9(14)8(13)4-5/h3-4,6,10,15H,2H2,1H3,(H,16,17). The molecule has 0 saturated carbocycles. The largest absolute Gasteiger partial charge is 0.481 e. The minimum Gasteiger partial charge on any atom is -0.481 e. The number of hydrogen-bond acceptors (Lipinski definition) is 2. The van der Waals surface area contributed by atoms with E-state index < -0.39 is 35.4 Å². The first kappa shape index (κ1) is 13.5. The van der Waals surface area contributed by atoms with Crippen LogP contribution >= 0.6 is 0 Å². The van der Waals surface area contributed by atoms with Gasteiger partial charge in [0.2, 0.25) is 0 Å². The number of benzene rings is 1. The molecule has 3 nitrogen and oxygen atoms in total. The quantitative estimate of drug-likeness (QED) is 0.803. The van der Waals surface area contributed by atoms with Crippen LogP contribution in [0.1, 0.15) is 25.0 Å². The second-order valence-corrected chi connectivity index (χ2v) is 3.60. The van der Waals surface area contributed by atoms with Crippen molar-refractivity contribution >= 4 is 5.97 Å². The molecule has 1 aromatic carbocycles. The van der Waals surface area contributed by atoms with Crippen LogP contribution < -0.4 is 0 Å². The molecule has 0 aliphatic heterocycles. The Labute approximate surface area is 95.5 Å². The van der Waals surface area contributed by atoms with E-state index in [1.54, 1.807) is 0 Å². The minimum atomic E-state index is -1.65. The molecule has 0 fully saturated rings. The van der Waals surface area contributed by atoms with E-state index in [1.165, 1.54) is 6.92 Å². The molecule has 0 radical (unpaired) electrons. The van der Waals surface area contributed by atoms with Crippen LogP contribution in [0.2, 0.25) is 0 Å². The molecule has 0 heterocycles. The molecule has 0 aliphatic rings. The highest BCUT2D eigenvalue weighted by atomic mass is 19.2. The Morgan fingerprint density at radius 2 is 1.76 bits per heavy atom. The number of carbonyl (C=O) groups is 1. The van der Waals surface area contributed by atoms with Gasteiger partial charge in [0.25, 0.3) is 0 Å². The number of rotatable bonds is 4. The second kappa shape index (κ2) is 5.18. The molecule has 2 atom stereocenters. The third kappa shape index (κ3) is 2.76. The number of aliphatic carboxylic acids is 1. The van der Waals surface area contributed by atoms with Gasteiger partial charge in [0, 0.05) is 0 Å². The van der Waals surface area contributed by atoms with Gasteiger partial charge in [-0.2, -0.15) is 0 Å². The highest BCUT2D eigenvalue weighted by Crippen LogP contribution is 2.27. The highest BCUT2D eigenvalue weighted by molar-refractivity contribution is 5.71.